The van der Waals surface area contributed by atoms with E-state index in [1.54, 1.807) is 12.5 Å². The summed E-state index contributed by atoms with van der Waals surface area (Å²) in [6, 6.07) is 28.9. The lowest BCUT2D eigenvalue weighted by Crippen LogP contribution is -2.22. The highest BCUT2D eigenvalue weighted by atomic mass is 16.5. The zero-order valence-electron chi connectivity index (χ0n) is 17.9. The zero-order valence-corrected chi connectivity index (χ0v) is 17.9. The maximum atomic E-state index is 12.5. The van der Waals surface area contributed by atoms with Crippen molar-refractivity contribution in [3.05, 3.63) is 120 Å². The van der Waals surface area contributed by atoms with Crippen molar-refractivity contribution < 1.29 is 9.53 Å². The van der Waals surface area contributed by atoms with Gasteiger partial charge in [-0.15, -0.1) is 0 Å². The van der Waals surface area contributed by atoms with Crippen LogP contribution in [0.25, 0.3) is 16.9 Å². The molecule has 162 valence electrons. The number of benzene rings is 3. The highest BCUT2D eigenvalue weighted by Crippen LogP contribution is 2.17. The average Bonchev–Trinajstić information content (AvgIpc) is 3.31. The smallest absolute Gasteiger partial charge is 0.251 e. The molecule has 2 heterocycles. The van der Waals surface area contributed by atoms with Gasteiger partial charge in [0.15, 0.2) is 0 Å². The number of hydrogen-bond donors (Lipinski definition) is 1. The van der Waals surface area contributed by atoms with Gasteiger partial charge in [-0.25, -0.2) is 9.97 Å². The molecular formula is C27H22N4O2. The molecule has 0 aliphatic rings. The topological polar surface area (TPSA) is 69.0 Å². The largest absolute Gasteiger partial charge is 0.489 e. The highest BCUT2D eigenvalue weighted by Gasteiger charge is 2.08. The van der Waals surface area contributed by atoms with Crippen LogP contribution in [0.15, 0.2) is 104 Å². The van der Waals surface area contributed by atoms with Crippen molar-refractivity contribution >= 4 is 16.9 Å². The number of nitrogens with one attached hydrogen (secondary N) is 1. The minimum absolute atomic E-state index is 0.129. The Balaban J connectivity index is 1.17. The number of aromatic nitrogens is 3. The first-order valence-corrected chi connectivity index (χ1v) is 10.7. The summed E-state index contributed by atoms with van der Waals surface area (Å²) >= 11 is 0. The maximum absolute atomic E-state index is 12.5. The van der Waals surface area contributed by atoms with Crippen LogP contribution in [0, 0.1) is 0 Å². The Bertz CT molecular complexity index is 1360. The number of hydrogen-bond acceptors (Lipinski definition) is 4. The van der Waals surface area contributed by atoms with Crippen LogP contribution in [0.4, 0.5) is 0 Å². The fraction of sp³-hybridized carbons (Fsp3) is 0.0741. The first-order chi connectivity index (χ1) is 16.3. The lowest BCUT2D eigenvalue weighted by molar-refractivity contribution is 0.0951. The van der Waals surface area contributed by atoms with Crippen LogP contribution < -0.4 is 10.1 Å². The number of pyridine rings is 1. The average molecular weight is 434 g/mol. The van der Waals surface area contributed by atoms with Crippen LogP contribution in [-0.2, 0) is 13.2 Å². The van der Waals surface area contributed by atoms with Crippen molar-refractivity contribution in [3.63, 3.8) is 0 Å². The molecule has 0 saturated carbocycles. The Labute approximate surface area is 191 Å². The van der Waals surface area contributed by atoms with Gasteiger partial charge in [0.1, 0.15) is 24.5 Å². The second-order valence-electron chi connectivity index (χ2n) is 7.61. The third-order valence-electron chi connectivity index (χ3n) is 5.33. The van der Waals surface area contributed by atoms with E-state index in [1.165, 1.54) is 0 Å². The summed E-state index contributed by atoms with van der Waals surface area (Å²) in [5.74, 6) is 1.47. The molecule has 0 bridgehead atoms. The van der Waals surface area contributed by atoms with E-state index in [0.29, 0.717) is 18.7 Å². The standard InChI is InChI=1S/C27H22N4O2/c32-27(22-13-10-20(11-14-22)18-33-23-6-2-1-3-7-23)29-17-21-12-15-26(28-16-21)31-19-30-24-8-4-5-9-25(24)31/h1-16,19H,17-18H2,(H,29,32). The van der Waals surface area contributed by atoms with Gasteiger partial charge in [0.25, 0.3) is 5.91 Å². The molecule has 0 aliphatic heterocycles. The summed E-state index contributed by atoms with van der Waals surface area (Å²) in [6.45, 7) is 0.853. The Kier molecular flexibility index (Phi) is 5.80. The number of para-hydroxylation sites is 3. The zero-order chi connectivity index (χ0) is 22.5. The van der Waals surface area contributed by atoms with Crippen molar-refractivity contribution in [2.24, 2.45) is 0 Å². The molecule has 1 amide bonds. The summed E-state index contributed by atoms with van der Waals surface area (Å²) < 4.78 is 7.69. The van der Waals surface area contributed by atoms with Crippen LogP contribution in [0.3, 0.4) is 0 Å². The summed E-state index contributed by atoms with van der Waals surface area (Å²) in [5, 5.41) is 2.95. The molecule has 0 aliphatic carbocycles. The van der Waals surface area contributed by atoms with Gasteiger partial charge < -0.3 is 10.1 Å². The van der Waals surface area contributed by atoms with Crippen molar-refractivity contribution in [2.75, 3.05) is 0 Å². The molecule has 6 heteroatoms. The van der Waals surface area contributed by atoms with Gasteiger partial charge in [-0.3, -0.25) is 9.36 Å². The van der Waals surface area contributed by atoms with Crippen molar-refractivity contribution in [1.82, 2.24) is 19.9 Å². The van der Waals surface area contributed by atoms with Crippen LogP contribution in [0.5, 0.6) is 5.75 Å². The molecule has 0 atom stereocenters. The van der Waals surface area contributed by atoms with Gasteiger partial charge >= 0.3 is 0 Å². The minimum atomic E-state index is -0.129. The minimum Gasteiger partial charge on any atom is -0.489 e. The monoisotopic (exact) mass is 434 g/mol. The molecule has 6 nitrogen and oxygen atoms in total. The predicted molar refractivity (Wildman–Crippen MR) is 127 cm³/mol. The van der Waals surface area contributed by atoms with Gasteiger partial charge in [0, 0.05) is 18.3 Å². The highest BCUT2D eigenvalue weighted by molar-refractivity contribution is 5.94. The quantitative estimate of drug-likeness (QED) is 0.394. The summed E-state index contributed by atoms with van der Waals surface area (Å²) in [6.07, 6.45) is 3.54. The van der Waals surface area contributed by atoms with Crippen LogP contribution in [0.1, 0.15) is 21.5 Å². The van der Waals surface area contributed by atoms with Crippen LogP contribution in [-0.4, -0.2) is 20.4 Å². The molecule has 0 spiro atoms. The lowest BCUT2D eigenvalue weighted by atomic mass is 10.1. The van der Waals surface area contributed by atoms with E-state index in [0.717, 1.165) is 33.7 Å². The second-order valence-corrected chi connectivity index (χ2v) is 7.61. The van der Waals surface area contributed by atoms with E-state index < -0.39 is 0 Å². The summed E-state index contributed by atoms with van der Waals surface area (Å²) in [7, 11) is 0. The fourth-order valence-corrected chi connectivity index (χ4v) is 3.53. The third-order valence-corrected chi connectivity index (χ3v) is 5.33. The SMILES string of the molecule is O=C(NCc1ccc(-n2cnc3ccccc32)nc1)c1ccc(COc2ccccc2)cc1. The summed E-state index contributed by atoms with van der Waals surface area (Å²) in [5.41, 5.74) is 4.46. The molecule has 3 aromatic carbocycles. The first-order valence-electron chi connectivity index (χ1n) is 10.7. The van der Waals surface area contributed by atoms with Gasteiger partial charge in [0.05, 0.1) is 11.0 Å². The molecule has 5 aromatic rings. The third kappa shape index (κ3) is 4.75. The Morgan fingerprint density at radius 3 is 2.36 bits per heavy atom. The Morgan fingerprint density at radius 2 is 1.58 bits per heavy atom. The van der Waals surface area contributed by atoms with Gasteiger partial charge in [-0.05, 0) is 53.6 Å². The number of rotatable bonds is 7. The lowest BCUT2D eigenvalue weighted by Gasteiger charge is -2.09. The molecule has 1 N–H and O–H groups in total. The number of ether oxygens (including phenoxy) is 1. The van der Waals surface area contributed by atoms with Gasteiger partial charge in [-0.1, -0.05) is 48.5 Å². The van der Waals surface area contributed by atoms with Crippen molar-refractivity contribution in [3.8, 4) is 11.6 Å². The number of imidazole rings is 1. The molecule has 2 aromatic heterocycles. The van der Waals surface area contributed by atoms with Gasteiger partial charge in [0.2, 0.25) is 0 Å². The molecule has 33 heavy (non-hydrogen) atoms. The number of carbonyl (C=O) groups excluding carboxylic acids is 1. The maximum Gasteiger partial charge on any atom is 0.251 e. The molecular weight excluding hydrogens is 412 g/mol. The number of carbonyl (C=O) groups is 1. The van der Waals surface area contributed by atoms with E-state index in [2.05, 4.69) is 15.3 Å². The second kappa shape index (κ2) is 9.36. The van der Waals surface area contributed by atoms with Gasteiger partial charge in [-0.2, -0.15) is 0 Å². The first kappa shape index (κ1) is 20.5. The molecule has 5 rings (SSSR count). The van der Waals surface area contributed by atoms with Crippen LogP contribution >= 0.6 is 0 Å². The van der Waals surface area contributed by atoms with Crippen molar-refractivity contribution in [1.29, 1.82) is 0 Å². The molecule has 0 radical (unpaired) electrons. The van der Waals surface area contributed by atoms with E-state index in [9.17, 15) is 4.79 Å². The Morgan fingerprint density at radius 1 is 0.818 bits per heavy atom. The van der Waals surface area contributed by atoms with E-state index in [-0.39, 0.29) is 5.91 Å². The fourth-order valence-electron chi connectivity index (χ4n) is 3.53. The van der Waals surface area contributed by atoms with E-state index in [1.807, 2.05) is 95.6 Å². The molecule has 0 unspecified atom stereocenters. The number of nitrogens with zero attached hydrogens (tertiary/aromatic N) is 3. The van der Waals surface area contributed by atoms with E-state index in [4.69, 9.17) is 4.74 Å². The Hall–Kier alpha value is -4.45. The normalized spacial score (nSPS) is 10.8. The predicted octanol–water partition coefficient (Wildman–Crippen LogP) is 4.93. The number of fused-ring (bicyclic) bond motifs is 1. The van der Waals surface area contributed by atoms with E-state index >= 15 is 0 Å². The molecule has 0 fully saturated rings. The van der Waals surface area contributed by atoms with Crippen LogP contribution in [0.2, 0.25) is 0 Å². The number of amides is 1. The summed E-state index contributed by atoms with van der Waals surface area (Å²) in [4.78, 5) is 21.5. The van der Waals surface area contributed by atoms with Crippen molar-refractivity contribution in [2.45, 2.75) is 13.2 Å². The molecule has 0 saturated heterocycles.